The van der Waals surface area contributed by atoms with Crippen LogP contribution in [0.2, 0.25) is 0 Å². The highest BCUT2D eigenvalue weighted by molar-refractivity contribution is 9.10. The number of esters is 2. The number of hydrogen-bond donors (Lipinski definition) is 0. The van der Waals surface area contributed by atoms with Gasteiger partial charge >= 0.3 is 11.9 Å². The van der Waals surface area contributed by atoms with E-state index in [0.29, 0.717) is 12.0 Å². The monoisotopic (exact) mass is 587 g/mol. The zero-order valence-electron chi connectivity index (χ0n) is 19.4. The number of rotatable bonds is 11. The van der Waals surface area contributed by atoms with Crippen LogP contribution in [0.15, 0.2) is 40.9 Å². The molecule has 2 aliphatic rings. The van der Waals surface area contributed by atoms with Gasteiger partial charge in [-0.05, 0) is 25.0 Å². The fourth-order valence-electron chi connectivity index (χ4n) is 4.32. The van der Waals surface area contributed by atoms with Gasteiger partial charge in [0.25, 0.3) is 0 Å². The summed E-state index contributed by atoms with van der Waals surface area (Å²) in [4.78, 5) is 51.2. The van der Waals surface area contributed by atoms with Crippen molar-refractivity contribution in [2.75, 3.05) is 19.5 Å². The molecule has 8 nitrogen and oxygen atoms in total. The molecule has 2 fully saturated rings. The van der Waals surface area contributed by atoms with Gasteiger partial charge in [-0.1, -0.05) is 47.5 Å². The van der Waals surface area contributed by atoms with Gasteiger partial charge in [-0.25, -0.2) is 9.59 Å². The molecular formula is C24H27BrClNO7S. The Balaban J connectivity index is 1.76. The molecule has 1 aromatic carbocycles. The molecule has 190 valence electrons. The number of carbonyl (C=O) groups is 4. The van der Waals surface area contributed by atoms with Crippen molar-refractivity contribution in [3.8, 4) is 0 Å². The molecule has 0 aliphatic carbocycles. The number of ether oxygens (including phenoxy) is 2. The van der Waals surface area contributed by atoms with Crippen molar-refractivity contribution in [2.24, 2.45) is 5.92 Å². The lowest BCUT2D eigenvalue weighted by atomic mass is 9.85. The lowest BCUT2D eigenvalue weighted by Gasteiger charge is -2.44. The van der Waals surface area contributed by atoms with Crippen molar-refractivity contribution >= 4 is 62.0 Å². The third-order valence-corrected chi connectivity index (χ3v) is 9.42. The number of alkyl halides is 1. The molecule has 0 radical (unpaired) electrons. The summed E-state index contributed by atoms with van der Waals surface area (Å²) in [5.41, 5.74) is 0.367. The summed E-state index contributed by atoms with van der Waals surface area (Å²) < 4.78 is 22.3. The number of ketones is 1. The van der Waals surface area contributed by atoms with Gasteiger partial charge in [-0.2, -0.15) is 0 Å². The topological polar surface area (TPSA) is 107 Å². The summed E-state index contributed by atoms with van der Waals surface area (Å²) in [6.45, 7) is 1.43. The number of nitrogens with zero attached hydrogens (tertiary/aromatic N) is 1. The molecule has 11 heteroatoms. The third kappa shape index (κ3) is 5.86. The van der Waals surface area contributed by atoms with Crippen LogP contribution in [0.1, 0.15) is 43.0 Å². The third-order valence-electron chi connectivity index (χ3n) is 6.21. The molecule has 2 saturated heterocycles. The minimum Gasteiger partial charge on any atom is -0.466 e. The minimum absolute atomic E-state index is 0.147. The second-order valence-electron chi connectivity index (χ2n) is 8.41. The highest BCUT2D eigenvalue weighted by Crippen LogP contribution is 2.51. The maximum absolute atomic E-state index is 13.2. The van der Waals surface area contributed by atoms with Gasteiger partial charge < -0.3 is 14.4 Å². The Bertz CT molecular complexity index is 1050. The van der Waals surface area contributed by atoms with E-state index in [0.717, 1.165) is 10.9 Å². The smallest absolute Gasteiger partial charge is 0.332 e. The van der Waals surface area contributed by atoms with Crippen LogP contribution in [0, 0.1) is 5.92 Å². The fraction of sp³-hybridized carbons (Fsp3) is 0.500. The van der Waals surface area contributed by atoms with Crippen molar-refractivity contribution in [3.63, 3.8) is 0 Å². The SMILES string of the molecule is CCCCS(=O)C1(Cl)CC2C(CC=CC(=O)OC)C(=O)N2C1C(=O)OCC(=O)c1ccc(Br)cc1. The Labute approximate surface area is 219 Å². The molecule has 5 atom stereocenters. The summed E-state index contributed by atoms with van der Waals surface area (Å²) in [7, 11) is -0.367. The quantitative estimate of drug-likeness (QED) is 0.128. The highest BCUT2D eigenvalue weighted by atomic mass is 79.9. The van der Waals surface area contributed by atoms with Gasteiger partial charge in [0, 0.05) is 45.1 Å². The normalized spacial score (nSPS) is 26.2. The number of fused-ring (bicyclic) bond motifs is 1. The van der Waals surface area contributed by atoms with Gasteiger partial charge in [0.15, 0.2) is 22.6 Å². The highest BCUT2D eigenvalue weighted by Gasteiger charge is 2.67. The molecule has 0 bridgehead atoms. The average Bonchev–Trinajstić information content (AvgIpc) is 3.14. The van der Waals surface area contributed by atoms with Gasteiger partial charge in [0.05, 0.1) is 13.0 Å². The second-order valence-corrected chi connectivity index (χ2v) is 12.1. The number of β-lactam (4-membered cyclic amide) rings is 1. The van der Waals surface area contributed by atoms with E-state index in [1.165, 1.54) is 24.2 Å². The number of halogens is 2. The zero-order chi connectivity index (χ0) is 25.8. The first-order valence-corrected chi connectivity index (χ1v) is 13.7. The minimum atomic E-state index is -1.62. The largest absolute Gasteiger partial charge is 0.466 e. The Morgan fingerprint density at radius 2 is 1.97 bits per heavy atom. The summed E-state index contributed by atoms with van der Waals surface area (Å²) in [5, 5.41) is 0. The second kappa shape index (κ2) is 11.8. The van der Waals surface area contributed by atoms with Crippen molar-refractivity contribution in [2.45, 2.75) is 48.9 Å². The molecule has 2 heterocycles. The van der Waals surface area contributed by atoms with Gasteiger partial charge in [-0.15, -0.1) is 11.6 Å². The van der Waals surface area contributed by atoms with E-state index in [4.69, 9.17) is 16.3 Å². The molecule has 0 aromatic heterocycles. The maximum Gasteiger partial charge on any atom is 0.332 e. The predicted molar refractivity (Wildman–Crippen MR) is 134 cm³/mol. The molecule has 35 heavy (non-hydrogen) atoms. The van der Waals surface area contributed by atoms with Crippen LogP contribution >= 0.6 is 27.5 Å². The van der Waals surface area contributed by atoms with Crippen molar-refractivity contribution in [3.05, 3.63) is 46.5 Å². The molecule has 1 aromatic rings. The number of hydrogen-bond acceptors (Lipinski definition) is 7. The molecular weight excluding hydrogens is 562 g/mol. The number of amides is 1. The summed E-state index contributed by atoms with van der Waals surface area (Å²) in [6, 6.07) is 4.91. The van der Waals surface area contributed by atoms with Gasteiger partial charge in [0.1, 0.15) is 0 Å². The zero-order valence-corrected chi connectivity index (χ0v) is 22.6. The first-order chi connectivity index (χ1) is 16.6. The Kier molecular flexibility index (Phi) is 9.28. The fourth-order valence-corrected chi connectivity index (χ4v) is 6.87. The van der Waals surface area contributed by atoms with E-state index in [2.05, 4.69) is 20.7 Å². The molecule has 0 spiro atoms. The van der Waals surface area contributed by atoms with Crippen LogP contribution in [0.3, 0.4) is 0 Å². The number of carbonyl (C=O) groups excluding carboxylic acids is 4. The Morgan fingerprint density at radius 1 is 1.29 bits per heavy atom. The predicted octanol–water partition coefficient (Wildman–Crippen LogP) is 3.38. The van der Waals surface area contributed by atoms with Gasteiger partial charge in [0.2, 0.25) is 5.91 Å². The molecule has 0 saturated carbocycles. The van der Waals surface area contributed by atoms with Crippen LogP contribution in [0.5, 0.6) is 0 Å². The molecule has 3 rings (SSSR count). The molecule has 0 N–H and O–H groups in total. The summed E-state index contributed by atoms with van der Waals surface area (Å²) in [5.74, 6) is -2.35. The van der Waals surface area contributed by atoms with E-state index < -0.39 is 57.3 Å². The summed E-state index contributed by atoms with van der Waals surface area (Å²) >= 11 is 10.2. The van der Waals surface area contributed by atoms with E-state index in [-0.39, 0.29) is 24.5 Å². The number of benzene rings is 1. The van der Waals surface area contributed by atoms with Crippen LogP contribution < -0.4 is 0 Å². The number of allylic oxidation sites excluding steroid dienone is 1. The number of methoxy groups -OCH3 is 1. The number of Topliss-reactive ketones (excluding diaryl/α,β-unsaturated/α-hetero) is 1. The first-order valence-electron chi connectivity index (χ1n) is 11.2. The molecule has 1 amide bonds. The van der Waals surface area contributed by atoms with Gasteiger partial charge in [-0.3, -0.25) is 13.8 Å². The van der Waals surface area contributed by atoms with E-state index in [1.807, 2.05) is 6.92 Å². The van der Waals surface area contributed by atoms with E-state index >= 15 is 0 Å². The lowest BCUT2D eigenvalue weighted by Crippen LogP contribution is -2.63. The average molecular weight is 589 g/mol. The first kappa shape index (κ1) is 27.5. The molecule has 2 aliphatic heterocycles. The number of unbranched alkanes of at least 4 members (excludes halogenated alkanes) is 1. The van der Waals surface area contributed by atoms with E-state index in [9.17, 15) is 23.4 Å². The standard InChI is InChI=1S/C24H27BrClNO7S/c1-3-4-12-35(32)24(26)13-18-17(6-5-7-20(29)33-2)22(30)27(18)21(24)23(31)34-14-19(28)15-8-10-16(25)11-9-15/h5,7-11,17-18,21H,3-4,6,12-14H2,1-2H3. The maximum atomic E-state index is 13.2. The molecule has 5 unspecified atom stereocenters. The van der Waals surface area contributed by atoms with Crippen LogP contribution in [-0.2, 0) is 34.7 Å². The van der Waals surface area contributed by atoms with Crippen LogP contribution in [0.4, 0.5) is 0 Å². The van der Waals surface area contributed by atoms with E-state index in [1.54, 1.807) is 24.3 Å². The lowest BCUT2D eigenvalue weighted by molar-refractivity contribution is -0.165. The summed E-state index contributed by atoms with van der Waals surface area (Å²) in [6.07, 6.45) is 4.62. The van der Waals surface area contributed by atoms with Crippen molar-refractivity contribution < 1.29 is 32.9 Å². The van der Waals surface area contributed by atoms with Crippen molar-refractivity contribution in [1.82, 2.24) is 4.90 Å². The van der Waals surface area contributed by atoms with Crippen molar-refractivity contribution in [1.29, 1.82) is 0 Å². The van der Waals surface area contributed by atoms with Crippen LogP contribution in [0.25, 0.3) is 0 Å². The Hall–Kier alpha value is -2.04. The Morgan fingerprint density at radius 3 is 2.60 bits per heavy atom. The van der Waals surface area contributed by atoms with Crippen LogP contribution in [-0.4, -0.2) is 68.5 Å².